The Bertz CT molecular complexity index is 1210. The number of nitrogens with two attached hydrogens (primary N) is 1. The molecule has 2 heterocycles. The normalized spacial score (nSPS) is 16.2. The molecule has 1 amide bonds. The van der Waals surface area contributed by atoms with Crippen molar-refractivity contribution in [1.29, 1.82) is 0 Å². The van der Waals surface area contributed by atoms with Crippen molar-refractivity contribution >= 4 is 44.4 Å². The molecule has 1 aliphatic rings. The number of methoxy groups -OCH3 is 1. The number of imidazole rings is 1. The van der Waals surface area contributed by atoms with Gasteiger partial charge in [-0.3, -0.25) is 4.79 Å². The van der Waals surface area contributed by atoms with E-state index in [1.165, 1.54) is 17.8 Å². The topological polar surface area (TPSA) is 118 Å². The predicted molar refractivity (Wildman–Crippen MR) is 112 cm³/mol. The van der Waals surface area contributed by atoms with E-state index >= 15 is 0 Å². The zero-order valence-electron chi connectivity index (χ0n) is 15.9. The number of hydrogen-bond donors (Lipinski definition) is 2. The third kappa shape index (κ3) is 3.83. The van der Waals surface area contributed by atoms with E-state index < -0.39 is 10.0 Å². The molecule has 0 saturated carbocycles. The maximum absolute atomic E-state index is 12.9. The summed E-state index contributed by atoms with van der Waals surface area (Å²) >= 11 is 1.32. The third-order valence-electron chi connectivity index (χ3n) is 4.86. The number of benzene rings is 2. The van der Waals surface area contributed by atoms with Gasteiger partial charge in [0.2, 0.25) is 15.9 Å². The molecule has 29 heavy (non-hydrogen) atoms. The predicted octanol–water partition coefficient (Wildman–Crippen LogP) is 2.29. The number of rotatable bonds is 5. The van der Waals surface area contributed by atoms with Crippen LogP contribution in [0.2, 0.25) is 0 Å². The molecule has 10 heteroatoms. The van der Waals surface area contributed by atoms with Crippen molar-refractivity contribution in [2.45, 2.75) is 29.4 Å². The largest absolute Gasteiger partial charge is 0.497 e. The summed E-state index contributed by atoms with van der Waals surface area (Å²) in [6, 6.07) is 10.1. The van der Waals surface area contributed by atoms with Crippen molar-refractivity contribution in [3.05, 3.63) is 42.0 Å². The zero-order chi connectivity index (χ0) is 20.8. The maximum atomic E-state index is 12.9. The fraction of sp³-hybridized carbons (Fsp3) is 0.263. The molecule has 2 aromatic carbocycles. The van der Waals surface area contributed by atoms with Gasteiger partial charge in [-0.1, -0.05) is 11.8 Å². The quantitative estimate of drug-likeness (QED) is 0.597. The van der Waals surface area contributed by atoms with Crippen LogP contribution < -0.4 is 14.8 Å². The highest BCUT2D eigenvalue weighted by Crippen LogP contribution is 2.34. The lowest BCUT2D eigenvalue weighted by Gasteiger charge is -2.22. The second-order valence-electron chi connectivity index (χ2n) is 6.87. The summed E-state index contributed by atoms with van der Waals surface area (Å²) < 4.78 is 28.4. The van der Waals surface area contributed by atoms with E-state index in [-0.39, 0.29) is 22.6 Å². The lowest BCUT2D eigenvalue weighted by molar-refractivity contribution is -0.116. The van der Waals surface area contributed by atoms with Crippen LogP contribution in [0.4, 0.5) is 5.69 Å². The number of carbonyl (C=O) groups is 1. The third-order valence-corrected chi connectivity index (χ3v) is 6.63. The summed E-state index contributed by atoms with van der Waals surface area (Å²) in [5.41, 5.74) is 3.17. The van der Waals surface area contributed by atoms with Crippen molar-refractivity contribution in [2.75, 3.05) is 17.8 Å². The van der Waals surface area contributed by atoms with E-state index in [0.717, 1.165) is 28.0 Å². The van der Waals surface area contributed by atoms with Crippen molar-refractivity contribution in [1.82, 2.24) is 9.97 Å². The van der Waals surface area contributed by atoms with Gasteiger partial charge in [-0.15, -0.1) is 0 Å². The Morgan fingerprint density at radius 2 is 2.14 bits per heavy atom. The van der Waals surface area contributed by atoms with Gasteiger partial charge in [0.05, 0.1) is 28.8 Å². The Balaban J connectivity index is 1.51. The lowest BCUT2D eigenvalue weighted by atomic mass is 10.1. The summed E-state index contributed by atoms with van der Waals surface area (Å²) in [5.74, 6) is 0.871. The van der Waals surface area contributed by atoms with Gasteiger partial charge in [-0.25, -0.2) is 18.5 Å². The van der Waals surface area contributed by atoms with Crippen LogP contribution in [-0.4, -0.2) is 43.2 Å². The van der Waals surface area contributed by atoms with Crippen molar-refractivity contribution in [2.24, 2.45) is 5.14 Å². The number of nitrogens with one attached hydrogen (secondary N) is 1. The van der Waals surface area contributed by atoms with Crippen LogP contribution in [0.1, 0.15) is 12.5 Å². The van der Waals surface area contributed by atoms with Crippen molar-refractivity contribution < 1.29 is 17.9 Å². The molecule has 3 aromatic rings. The molecule has 1 atom stereocenters. The van der Waals surface area contributed by atoms with Crippen LogP contribution >= 0.6 is 11.8 Å². The molecule has 0 spiro atoms. The minimum absolute atomic E-state index is 0.0600. The summed E-state index contributed by atoms with van der Waals surface area (Å²) in [6.07, 6.45) is 0.583. The first kappa shape index (κ1) is 19.7. The first-order chi connectivity index (χ1) is 13.8. The van der Waals surface area contributed by atoms with E-state index in [1.54, 1.807) is 24.1 Å². The van der Waals surface area contributed by atoms with Gasteiger partial charge in [0, 0.05) is 17.8 Å². The fourth-order valence-electron chi connectivity index (χ4n) is 3.52. The highest BCUT2D eigenvalue weighted by molar-refractivity contribution is 7.99. The lowest BCUT2D eigenvalue weighted by Crippen LogP contribution is -2.37. The number of sulfonamides is 1. The average Bonchev–Trinajstić information content (AvgIpc) is 3.23. The van der Waals surface area contributed by atoms with Gasteiger partial charge in [0.25, 0.3) is 0 Å². The van der Waals surface area contributed by atoms with Gasteiger partial charge in [0.15, 0.2) is 5.16 Å². The molecule has 0 radical (unpaired) electrons. The average molecular weight is 433 g/mol. The van der Waals surface area contributed by atoms with Gasteiger partial charge < -0.3 is 14.6 Å². The van der Waals surface area contributed by atoms with E-state index in [9.17, 15) is 13.2 Å². The monoisotopic (exact) mass is 432 g/mol. The van der Waals surface area contributed by atoms with Gasteiger partial charge in [-0.2, -0.15) is 0 Å². The highest BCUT2D eigenvalue weighted by atomic mass is 32.2. The molecule has 0 saturated heterocycles. The zero-order valence-corrected chi connectivity index (χ0v) is 17.5. The Kier molecular flexibility index (Phi) is 5.01. The number of primary sulfonamides is 1. The first-order valence-electron chi connectivity index (χ1n) is 8.90. The number of aromatic amines is 1. The maximum Gasteiger partial charge on any atom is 0.238 e. The van der Waals surface area contributed by atoms with Gasteiger partial charge in [0.1, 0.15) is 5.75 Å². The van der Waals surface area contributed by atoms with Crippen molar-refractivity contribution in [3.63, 3.8) is 0 Å². The van der Waals surface area contributed by atoms with E-state index in [0.29, 0.717) is 11.6 Å². The number of H-pyrrole nitrogens is 1. The second kappa shape index (κ2) is 7.36. The first-order valence-corrected chi connectivity index (χ1v) is 11.4. The molecule has 3 N–H and O–H groups in total. The van der Waals surface area contributed by atoms with Gasteiger partial charge in [-0.05, 0) is 49.2 Å². The molecule has 0 fully saturated rings. The molecular formula is C19H20N4O4S2. The summed E-state index contributed by atoms with van der Waals surface area (Å²) in [5, 5.41) is 5.86. The minimum Gasteiger partial charge on any atom is -0.497 e. The van der Waals surface area contributed by atoms with Crippen LogP contribution in [-0.2, 0) is 21.2 Å². The molecule has 1 aliphatic heterocycles. The number of nitrogens with zero attached hydrogens (tertiary/aromatic N) is 2. The smallest absolute Gasteiger partial charge is 0.238 e. The van der Waals surface area contributed by atoms with Crippen molar-refractivity contribution in [3.8, 4) is 5.75 Å². The molecule has 0 aliphatic carbocycles. The number of thioether (sulfide) groups is 1. The molecular weight excluding hydrogens is 412 g/mol. The van der Waals surface area contributed by atoms with Crippen LogP contribution in [0.15, 0.2) is 46.5 Å². The van der Waals surface area contributed by atoms with Gasteiger partial charge >= 0.3 is 0 Å². The number of ether oxygens (including phenoxy) is 1. The Morgan fingerprint density at radius 1 is 1.34 bits per heavy atom. The number of hydrogen-bond acceptors (Lipinski definition) is 6. The molecule has 8 nitrogen and oxygen atoms in total. The van der Waals surface area contributed by atoms with Crippen LogP contribution in [0.5, 0.6) is 5.75 Å². The van der Waals surface area contributed by atoms with Crippen LogP contribution in [0.3, 0.4) is 0 Å². The summed E-state index contributed by atoms with van der Waals surface area (Å²) in [4.78, 5) is 22.3. The second-order valence-corrected chi connectivity index (χ2v) is 9.39. The SMILES string of the molecule is COc1ccc2nc(SCC(=O)N3c4ccc(S(N)(=O)=O)cc4CC3C)[nH]c2c1. The molecule has 4 rings (SSSR count). The molecule has 152 valence electrons. The molecule has 1 aromatic heterocycles. The summed E-state index contributed by atoms with van der Waals surface area (Å²) in [6.45, 7) is 1.94. The standard InChI is InChI=1S/C19H20N4O4S2/c1-11-7-12-8-14(29(20,25)26)4-6-17(12)23(11)18(24)10-28-19-21-15-5-3-13(27-2)9-16(15)22-19/h3-6,8-9,11H,7,10H2,1-2H3,(H,21,22)(H2,20,25,26). The molecule has 1 unspecified atom stereocenters. The Labute approximate surface area is 172 Å². The van der Waals surface area contributed by atoms with Crippen LogP contribution in [0.25, 0.3) is 11.0 Å². The number of anilines is 1. The van der Waals surface area contributed by atoms with E-state index in [2.05, 4.69) is 9.97 Å². The minimum atomic E-state index is -3.77. The van der Waals surface area contributed by atoms with E-state index in [1.807, 2.05) is 25.1 Å². The Morgan fingerprint density at radius 3 is 2.86 bits per heavy atom. The summed E-state index contributed by atoms with van der Waals surface area (Å²) in [7, 11) is -2.17. The number of aromatic nitrogens is 2. The fourth-order valence-corrected chi connectivity index (χ4v) is 4.83. The number of amides is 1. The Hall–Kier alpha value is -2.56. The number of fused-ring (bicyclic) bond motifs is 2. The molecule has 0 bridgehead atoms. The van der Waals surface area contributed by atoms with E-state index in [4.69, 9.17) is 9.88 Å². The number of carbonyl (C=O) groups excluding carboxylic acids is 1. The van der Waals surface area contributed by atoms with Crippen LogP contribution in [0, 0.1) is 0 Å². The highest BCUT2D eigenvalue weighted by Gasteiger charge is 2.31.